The van der Waals surface area contributed by atoms with Crippen LogP contribution < -0.4 is 0 Å². The molecule has 0 N–H and O–H groups in total. The quantitative estimate of drug-likeness (QED) is 0.276. The van der Waals surface area contributed by atoms with Crippen LogP contribution in [0.1, 0.15) is 0 Å². The zero-order valence-electron chi connectivity index (χ0n) is 6.26. The Balaban J connectivity index is 2.62. The van der Waals surface area contributed by atoms with E-state index in [0.29, 0.717) is 0 Å². The van der Waals surface area contributed by atoms with Crippen molar-refractivity contribution in [3.63, 3.8) is 0 Å². The number of halogens is 1. The second-order valence-electron chi connectivity index (χ2n) is 3.29. The summed E-state index contributed by atoms with van der Waals surface area (Å²) in [5.74, 6) is 0. The van der Waals surface area contributed by atoms with Crippen LogP contribution in [0.3, 0.4) is 0 Å². The van der Waals surface area contributed by atoms with Crippen molar-refractivity contribution in [1.82, 2.24) is 4.90 Å². The third kappa shape index (κ3) is 1.20. The van der Waals surface area contributed by atoms with E-state index in [-0.39, 0.29) is 5.62 Å². The highest BCUT2D eigenvalue weighted by molar-refractivity contribution is 6.19. The van der Waals surface area contributed by atoms with Gasteiger partial charge in [-0.15, -0.1) is 0 Å². The minimum Gasteiger partial charge on any atom is -0.299 e. The molecule has 1 saturated heterocycles. The smallest absolute Gasteiger partial charge is 0.223 e. The van der Waals surface area contributed by atoms with E-state index in [1.807, 2.05) is 0 Å². The van der Waals surface area contributed by atoms with Crippen LogP contribution in [0.5, 0.6) is 0 Å². The fraction of sp³-hybridized carbons (Fsp3) is 1.00. The van der Waals surface area contributed by atoms with Crippen LogP contribution in [-0.2, 0) is 0 Å². The van der Waals surface area contributed by atoms with E-state index in [1.165, 1.54) is 0 Å². The molecule has 1 unspecified atom stereocenters. The van der Waals surface area contributed by atoms with Crippen molar-refractivity contribution in [2.75, 3.05) is 34.2 Å². The summed E-state index contributed by atoms with van der Waals surface area (Å²) in [4.78, 5) is 2.17. The van der Waals surface area contributed by atoms with Gasteiger partial charge in [-0.2, -0.15) is 0 Å². The van der Waals surface area contributed by atoms with Crippen molar-refractivity contribution in [2.45, 2.75) is 5.62 Å². The van der Waals surface area contributed by atoms with Crippen molar-refractivity contribution < 1.29 is 4.48 Å². The number of nitrogens with zero attached hydrogens (tertiary/aromatic N) is 2. The Labute approximate surface area is 61.6 Å². The molecule has 0 bridgehead atoms. The summed E-state index contributed by atoms with van der Waals surface area (Å²) in [6, 6.07) is 0. The summed E-state index contributed by atoms with van der Waals surface area (Å²) in [7, 11) is 6.37. The zero-order valence-corrected chi connectivity index (χ0v) is 7.02. The van der Waals surface area contributed by atoms with Gasteiger partial charge in [0, 0.05) is 0 Å². The molecule has 0 radical (unpaired) electrons. The van der Waals surface area contributed by atoms with Gasteiger partial charge in [0.05, 0.1) is 27.2 Å². The molecule has 0 saturated carbocycles. The SMILES string of the molecule is CN1CC[N+](C)(C)C1Cl. The molecule has 1 heterocycles. The molecule has 1 atom stereocenters. The minimum atomic E-state index is 0.171. The second kappa shape index (κ2) is 2.11. The third-order valence-electron chi connectivity index (χ3n) is 1.97. The van der Waals surface area contributed by atoms with Gasteiger partial charge >= 0.3 is 0 Å². The molecule has 1 fully saturated rings. The van der Waals surface area contributed by atoms with E-state index in [2.05, 4.69) is 26.0 Å². The van der Waals surface area contributed by atoms with E-state index < -0.39 is 0 Å². The monoisotopic (exact) mass is 149 g/mol. The van der Waals surface area contributed by atoms with Gasteiger partial charge in [-0.05, 0) is 18.6 Å². The van der Waals surface area contributed by atoms with Crippen molar-refractivity contribution >= 4 is 11.6 Å². The van der Waals surface area contributed by atoms with E-state index in [4.69, 9.17) is 11.6 Å². The Hall–Kier alpha value is 0.210. The minimum absolute atomic E-state index is 0.171. The number of rotatable bonds is 0. The molecule has 1 rings (SSSR count). The largest absolute Gasteiger partial charge is 0.299 e. The topological polar surface area (TPSA) is 3.24 Å². The molecule has 54 valence electrons. The molecule has 0 aromatic carbocycles. The van der Waals surface area contributed by atoms with Gasteiger partial charge in [0.15, 0.2) is 0 Å². The fourth-order valence-electron chi connectivity index (χ4n) is 1.16. The maximum absolute atomic E-state index is 6.05. The normalized spacial score (nSPS) is 35.3. The van der Waals surface area contributed by atoms with Crippen LogP contribution >= 0.6 is 11.6 Å². The molecule has 9 heavy (non-hydrogen) atoms. The molecule has 0 spiro atoms. The lowest BCUT2D eigenvalue weighted by atomic mass is 10.6. The first-order valence-electron chi connectivity index (χ1n) is 3.21. The first-order chi connectivity index (χ1) is 4.04. The molecule has 0 aromatic heterocycles. The summed E-state index contributed by atoms with van der Waals surface area (Å²) >= 11 is 6.05. The van der Waals surface area contributed by atoms with Gasteiger partial charge in [-0.3, -0.25) is 4.48 Å². The molecular weight excluding hydrogens is 136 g/mol. The predicted octanol–water partition coefficient (Wildman–Crippen LogP) is 0.531. The second-order valence-corrected chi connectivity index (χ2v) is 3.68. The van der Waals surface area contributed by atoms with Gasteiger partial charge in [-0.25, -0.2) is 4.90 Å². The van der Waals surface area contributed by atoms with Gasteiger partial charge in [-0.1, -0.05) is 0 Å². The third-order valence-corrected chi connectivity index (χ3v) is 2.83. The number of hydrogen-bond acceptors (Lipinski definition) is 1. The highest BCUT2D eigenvalue weighted by Crippen LogP contribution is 2.20. The Kier molecular flexibility index (Phi) is 1.72. The van der Waals surface area contributed by atoms with Crippen molar-refractivity contribution in [1.29, 1.82) is 0 Å². The number of quaternary nitrogens is 1. The highest BCUT2D eigenvalue weighted by Gasteiger charge is 2.36. The van der Waals surface area contributed by atoms with Crippen molar-refractivity contribution in [2.24, 2.45) is 0 Å². The van der Waals surface area contributed by atoms with Crippen LogP contribution in [-0.4, -0.2) is 49.2 Å². The maximum atomic E-state index is 6.05. The lowest BCUT2D eigenvalue weighted by Gasteiger charge is -2.27. The Morgan fingerprint density at radius 2 is 2.11 bits per heavy atom. The van der Waals surface area contributed by atoms with Gasteiger partial charge in [0.1, 0.15) is 0 Å². The van der Waals surface area contributed by atoms with Crippen LogP contribution in [0.4, 0.5) is 0 Å². The van der Waals surface area contributed by atoms with Crippen LogP contribution in [0, 0.1) is 0 Å². The summed E-state index contributed by atoms with van der Waals surface area (Å²) in [6.45, 7) is 2.27. The zero-order chi connectivity index (χ0) is 7.07. The highest BCUT2D eigenvalue weighted by atomic mass is 35.5. The lowest BCUT2D eigenvalue weighted by Crippen LogP contribution is -2.44. The maximum Gasteiger partial charge on any atom is 0.223 e. The van der Waals surface area contributed by atoms with Crippen LogP contribution in [0.25, 0.3) is 0 Å². The Morgan fingerprint density at radius 3 is 2.22 bits per heavy atom. The summed E-state index contributed by atoms with van der Waals surface area (Å²) in [6.07, 6.45) is 0. The van der Waals surface area contributed by atoms with Gasteiger partial charge < -0.3 is 0 Å². The molecular formula is C6H14ClN2+. The number of likely N-dealkylation sites (N-methyl/N-ethyl adjacent to an activating group) is 2. The average molecular weight is 150 g/mol. The number of alkyl halides is 1. The summed E-state index contributed by atoms with van der Waals surface area (Å²) in [5, 5.41) is 0. The number of hydrogen-bond donors (Lipinski definition) is 0. The van der Waals surface area contributed by atoms with Gasteiger partial charge in [0.25, 0.3) is 0 Å². The summed E-state index contributed by atoms with van der Waals surface area (Å²) < 4.78 is 0.915. The van der Waals surface area contributed by atoms with Crippen molar-refractivity contribution in [3.05, 3.63) is 0 Å². The average Bonchev–Trinajstić information content (AvgIpc) is 1.97. The molecule has 0 aliphatic carbocycles. The van der Waals surface area contributed by atoms with Gasteiger partial charge in [0.2, 0.25) is 5.62 Å². The summed E-state index contributed by atoms with van der Waals surface area (Å²) in [5.41, 5.74) is 0.171. The molecule has 1 aliphatic rings. The first-order valence-corrected chi connectivity index (χ1v) is 3.65. The first kappa shape index (κ1) is 7.32. The van der Waals surface area contributed by atoms with E-state index >= 15 is 0 Å². The van der Waals surface area contributed by atoms with E-state index in [9.17, 15) is 0 Å². The fourth-order valence-corrected chi connectivity index (χ4v) is 1.36. The van der Waals surface area contributed by atoms with Crippen LogP contribution in [0.15, 0.2) is 0 Å². The molecule has 3 heteroatoms. The lowest BCUT2D eigenvalue weighted by molar-refractivity contribution is -0.894. The molecule has 0 aromatic rings. The predicted molar refractivity (Wildman–Crippen MR) is 39.2 cm³/mol. The van der Waals surface area contributed by atoms with E-state index in [1.54, 1.807) is 0 Å². The van der Waals surface area contributed by atoms with Crippen LogP contribution in [0.2, 0.25) is 0 Å². The van der Waals surface area contributed by atoms with Crippen molar-refractivity contribution in [3.8, 4) is 0 Å². The molecule has 2 nitrogen and oxygen atoms in total. The molecule has 0 amide bonds. The Bertz CT molecular complexity index is 114. The van der Waals surface area contributed by atoms with E-state index in [0.717, 1.165) is 17.6 Å². The molecule has 1 aliphatic heterocycles. The standard InChI is InChI=1S/C6H14ClN2/c1-8-4-5-9(2,3)6(8)7/h6H,4-5H2,1-3H3/q+1. The Morgan fingerprint density at radius 1 is 1.56 bits per heavy atom.